The molecule has 8 heteroatoms. The zero-order valence-corrected chi connectivity index (χ0v) is 12.4. The Bertz CT molecular complexity index is 728. The van der Waals surface area contributed by atoms with Gasteiger partial charge in [-0.25, -0.2) is 4.79 Å². The van der Waals surface area contributed by atoms with Crippen LogP contribution in [0.2, 0.25) is 0 Å². The molecule has 0 aliphatic heterocycles. The normalized spacial score (nSPS) is 10.8. The molecule has 0 saturated heterocycles. The third kappa shape index (κ3) is 3.40. The standard InChI is InChI=1S/C13H19N5O3/c1-16-8-10(12(19)17(2)13(16)20)6-14-11-7-15-18(9-11)4-5-21-3/h7-9,14H,4-6H2,1-3H3. The Kier molecular flexibility index (Phi) is 4.59. The van der Waals surface area contributed by atoms with Crippen LogP contribution in [-0.2, 0) is 31.9 Å². The van der Waals surface area contributed by atoms with E-state index in [1.165, 1.54) is 11.6 Å². The van der Waals surface area contributed by atoms with Crippen LogP contribution in [0.15, 0.2) is 28.2 Å². The van der Waals surface area contributed by atoms with Gasteiger partial charge in [0.05, 0.1) is 30.6 Å². The van der Waals surface area contributed by atoms with Crippen molar-refractivity contribution in [2.24, 2.45) is 14.1 Å². The predicted molar refractivity (Wildman–Crippen MR) is 78.4 cm³/mol. The molecule has 0 amide bonds. The minimum absolute atomic E-state index is 0.294. The number of nitrogens with zero attached hydrogens (tertiary/aromatic N) is 4. The summed E-state index contributed by atoms with van der Waals surface area (Å²) in [6.45, 7) is 1.58. The molecule has 0 spiro atoms. The van der Waals surface area contributed by atoms with Gasteiger partial charge in [0.1, 0.15) is 0 Å². The summed E-state index contributed by atoms with van der Waals surface area (Å²) >= 11 is 0. The van der Waals surface area contributed by atoms with Crippen molar-refractivity contribution >= 4 is 5.69 Å². The lowest BCUT2D eigenvalue weighted by Gasteiger charge is -2.07. The second-order valence-corrected chi connectivity index (χ2v) is 4.75. The summed E-state index contributed by atoms with van der Waals surface area (Å²) in [6.07, 6.45) is 5.07. The van der Waals surface area contributed by atoms with E-state index in [1.807, 2.05) is 6.20 Å². The van der Waals surface area contributed by atoms with Gasteiger partial charge in [0.2, 0.25) is 0 Å². The second-order valence-electron chi connectivity index (χ2n) is 4.75. The van der Waals surface area contributed by atoms with Gasteiger partial charge in [-0.05, 0) is 0 Å². The highest BCUT2D eigenvalue weighted by Crippen LogP contribution is 2.06. The molecule has 0 atom stereocenters. The Balaban J connectivity index is 2.08. The number of hydrogen-bond acceptors (Lipinski definition) is 5. The number of methoxy groups -OCH3 is 1. The molecule has 0 fully saturated rings. The number of hydrogen-bond donors (Lipinski definition) is 1. The van der Waals surface area contributed by atoms with Gasteiger partial charge in [0.25, 0.3) is 5.56 Å². The van der Waals surface area contributed by atoms with Crippen LogP contribution in [0, 0.1) is 0 Å². The summed E-state index contributed by atoms with van der Waals surface area (Å²) in [7, 11) is 4.73. The lowest BCUT2D eigenvalue weighted by atomic mass is 10.3. The number of aryl methyl sites for hydroxylation is 1. The van der Waals surface area contributed by atoms with Crippen LogP contribution in [0.25, 0.3) is 0 Å². The van der Waals surface area contributed by atoms with Gasteiger partial charge in [-0.15, -0.1) is 0 Å². The maximum atomic E-state index is 12.0. The van der Waals surface area contributed by atoms with Crippen molar-refractivity contribution in [2.45, 2.75) is 13.1 Å². The van der Waals surface area contributed by atoms with E-state index in [0.717, 1.165) is 10.3 Å². The van der Waals surface area contributed by atoms with Crippen LogP contribution in [0.4, 0.5) is 5.69 Å². The molecule has 8 nitrogen and oxygen atoms in total. The Hall–Kier alpha value is -2.35. The summed E-state index contributed by atoms with van der Waals surface area (Å²) in [5, 5.41) is 7.29. The molecule has 0 radical (unpaired) electrons. The summed E-state index contributed by atoms with van der Waals surface area (Å²) in [4.78, 5) is 23.6. The van der Waals surface area contributed by atoms with Crippen LogP contribution < -0.4 is 16.6 Å². The molecule has 2 heterocycles. The summed E-state index contributed by atoms with van der Waals surface area (Å²) in [5.74, 6) is 0. The third-order valence-corrected chi connectivity index (χ3v) is 3.16. The molecule has 21 heavy (non-hydrogen) atoms. The van der Waals surface area contributed by atoms with E-state index >= 15 is 0 Å². The van der Waals surface area contributed by atoms with Crippen LogP contribution in [0.5, 0.6) is 0 Å². The van der Waals surface area contributed by atoms with Crippen LogP contribution >= 0.6 is 0 Å². The molecule has 0 bridgehead atoms. The van der Waals surface area contributed by atoms with E-state index in [1.54, 1.807) is 31.2 Å². The van der Waals surface area contributed by atoms with Gasteiger partial charge in [-0.1, -0.05) is 0 Å². The molecule has 114 valence electrons. The molecule has 0 aromatic carbocycles. The first kappa shape index (κ1) is 15.0. The van der Waals surface area contributed by atoms with Gasteiger partial charge in [0.15, 0.2) is 0 Å². The maximum absolute atomic E-state index is 12.0. The molecule has 2 aromatic heterocycles. The molecule has 2 rings (SSSR count). The zero-order valence-electron chi connectivity index (χ0n) is 12.4. The topological polar surface area (TPSA) is 83.1 Å². The highest BCUT2D eigenvalue weighted by atomic mass is 16.5. The van der Waals surface area contributed by atoms with E-state index in [0.29, 0.717) is 25.3 Å². The van der Waals surface area contributed by atoms with Gasteiger partial charge >= 0.3 is 5.69 Å². The fraction of sp³-hybridized carbons (Fsp3) is 0.462. The first-order valence-electron chi connectivity index (χ1n) is 6.53. The summed E-state index contributed by atoms with van der Waals surface area (Å²) in [5.41, 5.74) is 0.694. The highest BCUT2D eigenvalue weighted by Gasteiger charge is 2.07. The van der Waals surface area contributed by atoms with Gasteiger partial charge in [-0.3, -0.25) is 14.0 Å². The van der Waals surface area contributed by atoms with Crippen LogP contribution in [-0.4, -0.2) is 32.6 Å². The van der Waals surface area contributed by atoms with Crippen molar-refractivity contribution in [1.29, 1.82) is 0 Å². The Morgan fingerprint density at radius 2 is 2.05 bits per heavy atom. The number of anilines is 1. The van der Waals surface area contributed by atoms with Crippen molar-refractivity contribution in [3.8, 4) is 0 Å². The Labute approximate surface area is 121 Å². The second kappa shape index (κ2) is 6.40. The van der Waals surface area contributed by atoms with E-state index in [9.17, 15) is 9.59 Å². The average Bonchev–Trinajstić information content (AvgIpc) is 2.93. The SMILES string of the molecule is COCCn1cc(NCc2cn(C)c(=O)n(C)c2=O)cn1. The van der Waals surface area contributed by atoms with Gasteiger partial charge < -0.3 is 14.6 Å². The molecule has 0 aliphatic rings. The summed E-state index contributed by atoms with van der Waals surface area (Å²) in [6, 6.07) is 0. The number of nitrogens with one attached hydrogen (secondary N) is 1. The first-order valence-corrected chi connectivity index (χ1v) is 6.53. The highest BCUT2D eigenvalue weighted by molar-refractivity contribution is 5.38. The molecule has 2 aromatic rings. The monoisotopic (exact) mass is 293 g/mol. The fourth-order valence-corrected chi connectivity index (χ4v) is 1.96. The van der Waals surface area contributed by atoms with Crippen molar-refractivity contribution in [1.82, 2.24) is 18.9 Å². The van der Waals surface area contributed by atoms with Crippen molar-refractivity contribution in [2.75, 3.05) is 19.0 Å². The third-order valence-electron chi connectivity index (χ3n) is 3.16. The molecule has 0 saturated carbocycles. The minimum Gasteiger partial charge on any atom is -0.383 e. The fourth-order valence-electron chi connectivity index (χ4n) is 1.96. The number of ether oxygens (including phenoxy) is 1. The maximum Gasteiger partial charge on any atom is 0.330 e. The average molecular weight is 293 g/mol. The van der Waals surface area contributed by atoms with Crippen LogP contribution in [0.3, 0.4) is 0 Å². The smallest absolute Gasteiger partial charge is 0.330 e. The van der Waals surface area contributed by atoms with Gasteiger partial charge in [-0.2, -0.15) is 5.10 Å². The predicted octanol–water partition coefficient (Wildman–Crippen LogP) is -0.461. The number of rotatable bonds is 6. The zero-order chi connectivity index (χ0) is 15.4. The molecule has 0 aliphatic carbocycles. The Morgan fingerprint density at radius 3 is 2.76 bits per heavy atom. The largest absolute Gasteiger partial charge is 0.383 e. The lowest BCUT2D eigenvalue weighted by Crippen LogP contribution is -2.38. The minimum atomic E-state index is -0.337. The van der Waals surface area contributed by atoms with Crippen molar-refractivity contribution in [3.63, 3.8) is 0 Å². The summed E-state index contributed by atoms with van der Waals surface area (Å²) < 4.78 is 9.22. The van der Waals surface area contributed by atoms with E-state index in [2.05, 4.69) is 10.4 Å². The molecular formula is C13H19N5O3. The van der Waals surface area contributed by atoms with Crippen molar-refractivity contribution in [3.05, 3.63) is 45.0 Å². The Morgan fingerprint density at radius 1 is 1.29 bits per heavy atom. The quantitative estimate of drug-likeness (QED) is 0.779. The van der Waals surface area contributed by atoms with Crippen molar-refractivity contribution < 1.29 is 4.74 Å². The molecule has 0 unspecified atom stereocenters. The molecule has 1 N–H and O–H groups in total. The lowest BCUT2D eigenvalue weighted by molar-refractivity contribution is 0.183. The molecular weight excluding hydrogens is 274 g/mol. The first-order chi connectivity index (χ1) is 10.0. The van der Waals surface area contributed by atoms with E-state index in [-0.39, 0.29) is 11.2 Å². The van der Waals surface area contributed by atoms with Crippen LogP contribution in [0.1, 0.15) is 5.56 Å². The number of aromatic nitrogens is 4. The van der Waals surface area contributed by atoms with Gasteiger partial charge in [0, 0.05) is 40.1 Å². The van der Waals surface area contributed by atoms with E-state index in [4.69, 9.17) is 4.74 Å². The van der Waals surface area contributed by atoms with E-state index < -0.39 is 0 Å².